The van der Waals surface area contributed by atoms with Crippen molar-refractivity contribution in [2.75, 3.05) is 17.7 Å². The van der Waals surface area contributed by atoms with Gasteiger partial charge in [-0.2, -0.15) is 0 Å². The highest BCUT2D eigenvalue weighted by atomic mass is 16.5. The average Bonchev–Trinajstić information content (AvgIpc) is 3.21. The van der Waals surface area contributed by atoms with Crippen molar-refractivity contribution in [3.63, 3.8) is 0 Å². The normalized spacial score (nSPS) is 15.0. The summed E-state index contributed by atoms with van der Waals surface area (Å²) in [6.07, 6.45) is 0. The quantitative estimate of drug-likeness (QED) is 0.449. The molecule has 0 unspecified atom stereocenters. The van der Waals surface area contributed by atoms with Gasteiger partial charge in [-0.1, -0.05) is 42.5 Å². The number of methoxy groups -OCH3 is 1. The number of allylic oxidation sites excluding steroid dienone is 1. The van der Waals surface area contributed by atoms with Gasteiger partial charge in [0.15, 0.2) is 0 Å². The maximum atomic E-state index is 13.5. The summed E-state index contributed by atoms with van der Waals surface area (Å²) in [4.78, 5) is 30.2. The fourth-order valence-electron chi connectivity index (χ4n) is 4.21. The zero-order valence-electron chi connectivity index (χ0n) is 18.2. The number of hydrogen-bond donors (Lipinski definition) is 2. The Morgan fingerprint density at radius 2 is 1.67 bits per heavy atom. The van der Waals surface area contributed by atoms with Crippen LogP contribution in [0.1, 0.15) is 28.9 Å². The van der Waals surface area contributed by atoms with Crippen molar-refractivity contribution in [1.82, 2.24) is 9.55 Å². The van der Waals surface area contributed by atoms with Crippen LogP contribution in [0, 0.1) is 0 Å². The molecule has 0 saturated heterocycles. The molecule has 1 aliphatic rings. The molecule has 0 bridgehead atoms. The molecule has 0 fully saturated rings. The number of carbonyl (C=O) groups excluding carboxylic acids is 2. The molecule has 1 aromatic heterocycles. The number of nitrogens with zero attached hydrogens (tertiary/aromatic N) is 2. The predicted octanol–water partition coefficient (Wildman–Crippen LogP) is 4.75. The summed E-state index contributed by atoms with van der Waals surface area (Å²) in [6, 6.07) is 23.8. The van der Waals surface area contributed by atoms with E-state index in [0.717, 1.165) is 16.6 Å². The summed E-state index contributed by atoms with van der Waals surface area (Å²) in [5.74, 6) is 0.0399. The Kier molecular flexibility index (Phi) is 5.14. The molecule has 3 aromatic carbocycles. The van der Waals surface area contributed by atoms with Crippen LogP contribution in [0.5, 0.6) is 0 Å². The maximum Gasteiger partial charge on any atom is 0.337 e. The zero-order valence-corrected chi connectivity index (χ0v) is 18.2. The number of fused-ring (bicyclic) bond motifs is 3. The van der Waals surface area contributed by atoms with Gasteiger partial charge in [-0.25, -0.2) is 9.78 Å². The van der Waals surface area contributed by atoms with E-state index < -0.39 is 12.0 Å². The topological polar surface area (TPSA) is 85.2 Å². The first-order valence-electron chi connectivity index (χ1n) is 10.6. The minimum atomic E-state index is -0.441. The summed E-state index contributed by atoms with van der Waals surface area (Å²) in [5.41, 5.74) is 5.03. The van der Waals surface area contributed by atoms with Crippen LogP contribution in [0.3, 0.4) is 0 Å². The molecule has 1 aliphatic heterocycles. The molecule has 1 atom stereocenters. The number of amides is 1. The van der Waals surface area contributed by atoms with Crippen LogP contribution in [0.25, 0.3) is 11.0 Å². The molecular weight excluding hydrogens is 416 g/mol. The smallest absolute Gasteiger partial charge is 0.337 e. The number of imidazole rings is 1. The second kappa shape index (κ2) is 8.27. The van der Waals surface area contributed by atoms with E-state index in [9.17, 15) is 9.59 Å². The zero-order chi connectivity index (χ0) is 22.9. The highest BCUT2D eigenvalue weighted by molar-refractivity contribution is 6.06. The van der Waals surface area contributed by atoms with Gasteiger partial charge in [0.2, 0.25) is 5.95 Å². The first-order valence-corrected chi connectivity index (χ1v) is 10.6. The van der Waals surface area contributed by atoms with E-state index in [1.807, 2.05) is 78.2 Å². The van der Waals surface area contributed by atoms with Crippen LogP contribution < -0.4 is 10.6 Å². The number of ether oxygens (including phenoxy) is 1. The molecule has 0 aliphatic carbocycles. The molecule has 1 amide bonds. The minimum absolute atomic E-state index is 0.211. The van der Waals surface area contributed by atoms with Crippen LogP contribution in [-0.2, 0) is 9.53 Å². The lowest BCUT2D eigenvalue weighted by Crippen LogP contribution is -2.31. The Morgan fingerprint density at radius 1 is 0.970 bits per heavy atom. The predicted molar refractivity (Wildman–Crippen MR) is 127 cm³/mol. The van der Waals surface area contributed by atoms with E-state index in [1.54, 1.807) is 12.1 Å². The summed E-state index contributed by atoms with van der Waals surface area (Å²) in [5, 5.41) is 6.31. The van der Waals surface area contributed by atoms with E-state index in [-0.39, 0.29) is 5.91 Å². The van der Waals surface area contributed by atoms with Gasteiger partial charge in [-0.3, -0.25) is 9.36 Å². The molecule has 2 heterocycles. The van der Waals surface area contributed by atoms with E-state index in [0.29, 0.717) is 28.5 Å². The van der Waals surface area contributed by atoms with Gasteiger partial charge in [-0.05, 0) is 48.9 Å². The third kappa shape index (κ3) is 3.63. The van der Waals surface area contributed by atoms with Crippen LogP contribution in [0.15, 0.2) is 90.1 Å². The number of aromatic nitrogens is 2. The van der Waals surface area contributed by atoms with Gasteiger partial charge < -0.3 is 15.4 Å². The summed E-state index contributed by atoms with van der Waals surface area (Å²) in [7, 11) is 1.35. The first kappa shape index (κ1) is 20.5. The molecular formula is C26H22N4O3. The van der Waals surface area contributed by atoms with Crippen LogP contribution >= 0.6 is 0 Å². The fourth-order valence-corrected chi connectivity index (χ4v) is 4.21. The second-order valence-electron chi connectivity index (χ2n) is 7.79. The first-order chi connectivity index (χ1) is 16.1. The Bertz CT molecular complexity index is 1390. The van der Waals surface area contributed by atoms with E-state index in [1.165, 1.54) is 7.11 Å². The Balaban J connectivity index is 1.65. The van der Waals surface area contributed by atoms with Gasteiger partial charge >= 0.3 is 5.97 Å². The molecule has 0 spiro atoms. The van der Waals surface area contributed by atoms with Crippen molar-refractivity contribution in [3.8, 4) is 0 Å². The van der Waals surface area contributed by atoms with Crippen molar-refractivity contribution in [2.45, 2.75) is 13.0 Å². The molecule has 7 heteroatoms. The molecule has 164 valence electrons. The van der Waals surface area contributed by atoms with Crippen molar-refractivity contribution in [3.05, 3.63) is 101 Å². The van der Waals surface area contributed by atoms with E-state index in [4.69, 9.17) is 9.72 Å². The van der Waals surface area contributed by atoms with Gasteiger partial charge in [0.1, 0.15) is 0 Å². The van der Waals surface area contributed by atoms with Gasteiger partial charge in [0.05, 0.1) is 35.3 Å². The number of hydrogen-bond acceptors (Lipinski definition) is 5. The lowest BCUT2D eigenvalue weighted by atomic mass is 9.93. The van der Waals surface area contributed by atoms with Crippen molar-refractivity contribution in [1.29, 1.82) is 0 Å². The molecule has 0 radical (unpaired) electrons. The Labute approximate surface area is 190 Å². The highest BCUT2D eigenvalue weighted by Gasteiger charge is 2.34. The van der Waals surface area contributed by atoms with Gasteiger partial charge in [0, 0.05) is 11.4 Å². The Hall–Kier alpha value is -4.39. The summed E-state index contributed by atoms with van der Waals surface area (Å²) < 4.78 is 6.85. The largest absolute Gasteiger partial charge is 0.465 e. The molecule has 4 aromatic rings. The third-order valence-electron chi connectivity index (χ3n) is 5.75. The maximum absolute atomic E-state index is 13.5. The van der Waals surface area contributed by atoms with Crippen LogP contribution in [-0.4, -0.2) is 28.5 Å². The van der Waals surface area contributed by atoms with Crippen LogP contribution in [0.4, 0.5) is 11.6 Å². The lowest BCUT2D eigenvalue weighted by Gasteiger charge is -2.30. The number of rotatable bonds is 4. The third-order valence-corrected chi connectivity index (χ3v) is 5.75. The molecule has 0 saturated carbocycles. The molecule has 2 N–H and O–H groups in total. The van der Waals surface area contributed by atoms with Gasteiger partial charge in [0.25, 0.3) is 5.91 Å². The number of benzene rings is 3. The number of anilines is 2. The second-order valence-corrected chi connectivity index (χ2v) is 7.79. The standard InChI is InChI=1S/C26H22N4O3/c1-16-22(24(31)28-19-8-4-3-5-9-19)23(17-12-14-18(15-13-17)25(32)33-2)30-21-11-7-6-10-20(21)29-26(30)27-16/h3-15,23H,1-2H3,(H,27,29)(H,28,31)/t23-/m1/s1. The SMILES string of the molecule is COC(=O)c1ccc([C@@H]2C(C(=O)Nc3ccccc3)=C(C)Nc3nc4ccccc4n32)cc1. The minimum Gasteiger partial charge on any atom is -0.465 e. The summed E-state index contributed by atoms with van der Waals surface area (Å²) in [6.45, 7) is 1.87. The van der Waals surface area contributed by atoms with E-state index in [2.05, 4.69) is 10.6 Å². The number of carbonyl (C=O) groups is 2. The van der Waals surface area contributed by atoms with Crippen molar-refractivity contribution in [2.24, 2.45) is 0 Å². The van der Waals surface area contributed by atoms with Crippen molar-refractivity contribution < 1.29 is 14.3 Å². The average molecular weight is 438 g/mol. The highest BCUT2D eigenvalue weighted by Crippen LogP contribution is 2.39. The molecule has 5 rings (SSSR count). The monoisotopic (exact) mass is 438 g/mol. The number of nitrogens with one attached hydrogen (secondary N) is 2. The van der Waals surface area contributed by atoms with Crippen LogP contribution in [0.2, 0.25) is 0 Å². The fraction of sp³-hybridized carbons (Fsp3) is 0.115. The number of esters is 1. The summed E-state index contributed by atoms with van der Waals surface area (Å²) >= 11 is 0. The van der Waals surface area contributed by atoms with Gasteiger partial charge in [-0.15, -0.1) is 0 Å². The van der Waals surface area contributed by atoms with Crippen molar-refractivity contribution >= 4 is 34.5 Å². The molecule has 33 heavy (non-hydrogen) atoms. The Morgan fingerprint density at radius 3 is 2.39 bits per heavy atom. The number of para-hydroxylation sites is 3. The van der Waals surface area contributed by atoms with E-state index >= 15 is 0 Å². The molecule has 7 nitrogen and oxygen atoms in total. The lowest BCUT2D eigenvalue weighted by molar-refractivity contribution is -0.113.